The minimum Gasteiger partial charge on any atom is -0.381 e. The standard InChI is InChI=1S/C4H8N2O5/c5-10-3(8)1-2(7)4(9)11-6/h2,7H,1,5-6H2. The molecule has 7 heteroatoms. The van der Waals surface area contributed by atoms with Crippen LogP contribution < -0.4 is 11.8 Å². The van der Waals surface area contributed by atoms with Crippen molar-refractivity contribution in [1.82, 2.24) is 0 Å². The van der Waals surface area contributed by atoms with E-state index in [1.54, 1.807) is 0 Å². The Morgan fingerprint density at radius 1 is 1.36 bits per heavy atom. The monoisotopic (exact) mass is 164 g/mol. The lowest BCUT2D eigenvalue weighted by Gasteiger charge is -2.03. The van der Waals surface area contributed by atoms with Gasteiger partial charge < -0.3 is 14.8 Å². The van der Waals surface area contributed by atoms with Crippen LogP contribution in [0.25, 0.3) is 0 Å². The third kappa shape index (κ3) is 3.50. The van der Waals surface area contributed by atoms with Gasteiger partial charge in [0.15, 0.2) is 6.10 Å². The van der Waals surface area contributed by atoms with Crippen LogP contribution in [0.1, 0.15) is 6.42 Å². The topological polar surface area (TPSA) is 125 Å². The van der Waals surface area contributed by atoms with Gasteiger partial charge in [-0.05, 0) is 0 Å². The van der Waals surface area contributed by atoms with Crippen LogP contribution in [0.15, 0.2) is 0 Å². The molecule has 11 heavy (non-hydrogen) atoms. The van der Waals surface area contributed by atoms with Crippen LogP contribution in [-0.2, 0) is 19.3 Å². The Hall–Kier alpha value is -1.18. The van der Waals surface area contributed by atoms with E-state index in [1.165, 1.54) is 0 Å². The number of carbonyl (C=O) groups excluding carboxylic acids is 2. The fourth-order valence-electron chi connectivity index (χ4n) is 0.368. The molecule has 5 N–H and O–H groups in total. The molecular weight excluding hydrogens is 156 g/mol. The van der Waals surface area contributed by atoms with Crippen LogP contribution in [0.4, 0.5) is 0 Å². The van der Waals surface area contributed by atoms with Gasteiger partial charge in [-0.15, -0.1) is 0 Å². The Labute approximate surface area is 61.8 Å². The normalized spacial score (nSPS) is 11.9. The van der Waals surface area contributed by atoms with Gasteiger partial charge in [0.25, 0.3) is 0 Å². The zero-order valence-corrected chi connectivity index (χ0v) is 5.52. The predicted molar refractivity (Wildman–Crippen MR) is 31.2 cm³/mol. The molecule has 0 heterocycles. The zero-order valence-electron chi connectivity index (χ0n) is 5.52. The first-order valence-electron chi connectivity index (χ1n) is 2.60. The maximum Gasteiger partial charge on any atom is 0.353 e. The van der Waals surface area contributed by atoms with E-state index in [4.69, 9.17) is 5.11 Å². The van der Waals surface area contributed by atoms with Crippen LogP contribution >= 0.6 is 0 Å². The highest BCUT2D eigenvalue weighted by atomic mass is 16.7. The summed E-state index contributed by atoms with van der Waals surface area (Å²) in [7, 11) is 0. The molecule has 0 fully saturated rings. The molecule has 0 aliphatic rings. The van der Waals surface area contributed by atoms with Crippen LogP contribution in [0.5, 0.6) is 0 Å². The van der Waals surface area contributed by atoms with Gasteiger partial charge in [-0.3, -0.25) is 4.79 Å². The first kappa shape index (κ1) is 9.82. The lowest BCUT2D eigenvalue weighted by molar-refractivity contribution is -0.160. The number of rotatable bonds is 3. The summed E-state index contributed by atoms with van der Waals surface area (Å²) < 4.78 is 0. The van der Waals surface area contributed by atoms with E-state index in [9.17, 15) is 9.59 Å². The average molecular weight is 164 g/mol. The molecule has 0 saturated heterocycles. The van der Waals surface area contributed by atoms with E-state index in [-0.39, 0.29) is 0 Å². The van der Waals surface area contributed by atoms with Crippen molar-refractivity contribution < 1.29 is 24.4 Å². The average Bonchev–Trinajstić information content (AvgIpc) is 2.02. The molecule has 0 bridgehead atoms. The molecule has 1 atom stereocenters. The van der Waals surface area contributed by atoms with Crippen molar-refractivity contribution in [1.29, 1.82) is 0 Å². The molecule has 0 amide bonds. The van der Waals surface area contributed by atoms with Gasteiger partial charge in [0.1, 0.15) is 0 Å². The summed E-state index contributed by atoms with van der Waals surface area (Å²) in [4.78, 5) is 27.9. The summed E-state index contributed by atoms with van der Waals surface area (Å²) in [5.74, 6) is 6.77. The third-order valence-corrected chi connectivity index (χ3v) is 0.880. The summed E-state index contributed by atoms with van der Waals surface area (Å²) >= 11 is 0. The lowest BCUT2D eigenvalue weighted by atomic mass is 10.3. The van der Waals surface area contributed by atoms with Crippen LogP contribution in [0.2, 0.25) is 0 Å². The Bertz CT molecular complexity index is 159. The number of aliphatic hydroxyl groups excluding tert-OH is 1. The van der Waals surface area contributed by atoms with Crippen molar-refractivity contribution >= 4 is 11.9 Å². The Morgan fingerprint density at radius 2 is 1.91 bits per heavy atom. The van der Waals surface area contributed by atoms with Crippen molar-refractivity contribution in [2.45, 2.75) is 12.5 Å². The fraction of sp³-hybridized carbons (Fsp3) is 0.500. The summed E-state index contributed by atoms with van der Waals surface area (Å²) in [6.07, 6.45) is -2.21. The molecule has 0 spiro atoms. The summed E-state index contributed by atoms with van der Waals surface area (Å²) in [6.45, 7) is 0. The number of hydrogen-bond donors (Lipinski definition) is 3. The van der Waals surface area contributed by atoms with Crippen molar-refractivity contribution in [3.8, 4) is 0 Å². The van der Waals surface area contributed by atoms with Crippen LogP contribution in [0, 0.1) is 0 Å². The second-order valence-electron chi connectivity index (χ2n) is 1.65. The second-order valence-corrected chi connectivity index (χ2v) is 1.65. The molecule has 0 aliphatic carbocycles. The summed E-state index contributed by atoms with van der Waals surface area (Å²) in [5.41, 5.74) is 0. The van der Waals surface area contributed by atoms with Gasteiger partial charge in [0, 0.05) is 0 Å². The molecule has 1 unspecified atom stereocenters. The molecule has 0 saturated carbocycles. The molecule has 0 rings (SSSR count). The van der Waals surface area contributed by atoms with Gasteiger partial charge in [0.2, 0.25) is 0 Å². The summed E-state index contributed by atoms with van der Waals surface area (Å²) in [6, 6.07) is 0. The molecule has 7 nitrogen and oxygen atoms in total. The molecule has 64 valence electrons. The molecule has 0 radical (unpaired) electrons. The SMILES string of the molecule is NOC(=O)CC(O)C(=O)ON. The highest BCUT2D eigenvalue weighted by molar-refractivity contribution is 5.81. The molecule has 0 aromatic rings. The lowest BCUT2D eigenvalue weighted by Crippen LogP contribution is -2.29. The number of hydrogen-bond acceptors (Lipinski definition) is 7. The largest absolute Gasteiger partial charge is 0.381 e. The van der Waals surface area contributed by atoms with Crippen LogP contribution in [0.3, 0.4) is 0 Å². The maximum absolute atomic E-state index is 10.3. The first-order chi connectivity index (χ1) is 5.11. The smallest absolute Gasteiger partial charge is 0.353 e. The van der Waals surface area contributed by atoms with E-state index in [0.717, 1.165) is 0 Å². The molecule has 0 aliphatic heterocycles. The minimum atomic E-state index is -1.63. The van der Waals surface area contributed by atoms with Crippen molar-refractivity contribution in [2.75, 3.05) is 0 Å². The second kappa shape index (κ2) is 4.61. The Balaban J connectivity index is 3.77. The van der Waals surface area contributed by atoms with E-state index in [0.29, 0.717) is 0 Å². The van der Waals surface area contributed by atoms with Gasteiger partial charge in [-0.25, -0.2) is 4.79 Å². The number of aliphatic hydroxyl groups is 1. The first-order valence-corrected chi connectivity index (χ1v) is 2.60. The van der Waals surface area contributed by atoms with Crippen molar-refractivity contribution in [2.24, 2.45) is 11.8 Å². The minimum absolute atomic E-state index is 0.577. The Morgan fingerprint density at radius 3 is 2.27 bits per heavy atom. The molecule has 0 aromatic carbocycles. The van der Waals surface area contributed by atoms with Crippen LogP contribution in [-0.4, -0.2) is 23.1 Å². The number of carbonyl (C=O) groups is 2. The molecule has 0 aromatic heterocycles. The zero-order chi connectivity index (χ0) is 8.85. The Kier molecular flexibility index (Phi) is 4.11. The summed E-state index contributed by atoms with van der Waals surface area (Å²) in [5, 5.41) is 8.71. The quantitative estimate of drug-likeness (QED) is 0.396. The molecular formula is C4H8N2O5. The predicted octanol–water partition coefficient (Wildman–Crippen LogP) is -2.43. The van der Waals surface area contributed by atoms with E-state index in [2.05, 4.69) is 21.5 Å². The fourth-order valence-corrected chi connectivity index (χ4v) is 0.368. The van der Waals surface area contributed by atoms with E-state index in [1.807, 2.05) is 0 Å². The highest BCUT2D eigenvalue weighted by Gasteiger charge is 2.20. The van der Waals surface area contributed by atoms with Gasteiger partial charge in [-0.1, -0.05) is 0 Å². The third-order valence-electron chi connectivity index (χ3n) is 0.880. The number of nitrogens with two attached hydrogens (primary N) is 2. The van der Waals surface area contributed by atoms with Gasteiger partial charge >= 0.3 is 11.9 Å². The van der Waals surface area contributed by atoms with Gasteiger partial charge in [0.05, 0.1) is 6.42 Å². The van der Waals surface area contributed by atoms with E-state index >= 15 is 0 Å². The van der Waals surface area contributed by atoms with Crippen molar-refractivity contribution in [3.05, 3.63) is 0 Å². The van der Waals surface area contributed by atoms with Gasteiger partial charge in [-0.2, -0.15) is 11.8 Å². The van der Waals surface area contributed by atoms with E-state index < -0.39 is 24.5 Å². The highest BCUT2D eigenvalue weighted by Crippen LogP contribution is 1.93. The maximum atomic E-state index is 10.3. The van der Waals surface area contributed by atoms with Crippen molar-refractivity contribution in [3.63, 3.8) is 0 Å².